The molecule has 0 bridgehead atoms. The van der Waals surface area contributed by atoms with Gasteiger partial charge in [0.1, 0.15) is 0 Å². The molecule has 1 aromatic heterocycles. The number of fused-ring (bicyclic) bond motifs is 1. The van der Waals surface area contributed by atoms with E-state index in [1.807, 2.05) is 24.4 Å². The van der Waals surface area contributed by atoms with Gasteiger partial charge in [0.2, 0.25) is 10.0 Å². The highest BCUT2D eigenvalue weighted by Crippen LogP contribution is 2.34. The fraction of sp³-hybridized carbons (Fsp3) is 0.476. The molecule has 2 atom stereocenters. The van der Waals surface area contributed by atoms with Gasteiger partial charge in [-0.05, 0) is 43.0 Å². The molecule has 0 spiro atoms. The van der Waals surface area contributed by atoms with Gasteiger partial charge in [-0.1, -0.05) is 26.0 Å². The third-order valence-corrected chi connectivity index (χ3v) is 6.51. The first-order valence-electron chi connectivity index (χ1n) is 9.87. The minimum Gasteiger partial charge on any atom is -0.383 e. The van der Waals surface area contributed by atoms with Crippen molar-refractivity contribution < 1.29 is 13.2 Å². The average molecular weight is 419 g/mol. The molecule has 0 fully saturated rings. The van der Waals surface area contributed by atoms with E-state index in [2.05, 4.69) is 40.7 Å². The molecule has 158 valence electrons. The molecule has 1 aromatic carbocycles. The molecular formula is C21H30N4O3S. The first-order valence-corrected chi connectivity index (χ1v) is 11.4. The maximum Gasteiger partial charge on any atom is 0.240 e. The summed E-state index contributed by atoms with van der Waals surface area (Å²) in [6.45, 7) is 7.25. The largest absolute Gasteiger partial charge is 0.383 e. The van der Waals surface area contributed by atoms with Crippen LogP contribution in [0.2, 0.25) is 0 Å². The fourth-order valence-corrected chi connectivity index (χ4v) is 4.89. The van der Waals surface area contributed by atoms with Crippen LogP contribution in [-0.2, 0) is 21.3 Å². The number of hydrogen-bond donors (Lipinski definition) is 2. The zero-order chi connectivity index (χ0) is 21.0. The van der Waals surface area contributed by atoms with E-state index in [0.717, 1.165) is 23.4 Å². The number of methoxy groups -OCH3 is 1. The van der Waals surface area contributed by atoms with Crippen LogP contribution in [0.15, 0.2) is 47.6 Å². The molecule has 8 heteroatoms. The lowest BCUT2D eigenvalue weighted by Crippen LogP contribution is -2.38. The molecule has 0 saturated carbocycles. The van der Waals surface area contributed by atoms with Crippen molar-refractivity contribution in [2.45, 2.75) is 50.8 Å². The minimum atomic E-state index is -3.59. The number of aromatic nitrogens is 1. The van der Waals surface area contributed by atoms with Crippen LogP contribution < -0.4 is 14.9 Å². The van der Waals surface area contributed by atoms with Gasteiger partial charge in [-0.3, -0.25) is 4.98 Å². The molecule has 3 rings (SSSR count). The maximum absolute atomic E-state index is 12.8. The second-order valence-electron chi connectivity index (χ2n) is 7.89. The Hall–Kier alpha value is -2.16. The Morgan fingerprint density at radius 3 is 2.62 bits per heavy atom. The molecule has 7 nitrogen and oxygen atoms in total. The number of nitrogens with one attached hydrogen (secondary N) is 2. The molecule has 1 unspecified atom stereocenters. The van der Waals surface area contributed by atoms with Crippen LogP contribution in [0.4, 0.5) is 11.4 Å². The van der Waals surface area contributed by atoms with Gasteiger partial charge >= 0.3 is 0 Å². The van der Waals surface area contributed by atoms with E-state index < -0.39 is 10.0 Å². The molecule has 0 saturated heterocycles. The molecule has 2 aromatic rings. The Bertz CT molecular complexity index is 916. The number of ether oxygens (including phenoxy) is 1. The Morgan fingerprint density at radius 2 is 1.97 bits per heavy atom. The van der Waals surface area contributed by atoms with E-state index in [9.17, 15) is 8.42 Å². The minimum absolute atomic E-state index is 0.144. The van der Waals surface area contributed by atoms with Crippen molar-refractivity contribution in [1.29, 1.82) is 0 Å². The number of pyridine rings is 1. The van der Waals surface area contributed by atoms with Crippen LogP contribution >= 0.6 is 0 Å². The Balaban J connectivity index is 1.71. The van der Waals surface area contributed by atoms with Crippen molar-refractivity contribution in [3.05, 3.63) is 48.3 Å². The SMILES string of the molecule is COC[C@H](CC(C)C)NS(=O)(=O)c1ccc(CN2c3ccncc3NC2C)cc1. The second kappa shape index (κ2) is 9.11. The molecule has 1 aliphatic rings. The van der Waals surface area contributed by atoms with E-state index in [1.165, 1.54) is 0 Å². The highest BCUT2D eigenvalue weighted by atomic mass is 32.2. The van der Waals surface area contributed by atoms with E-state index in [4.69, 9.17) is 4.74 Å². The second-order valence-corrected chi connectivity index (χ2v) is 9.60. The highest BCUT2D eigenvalue weighted by Gasteiger charge is 2.25. The zero-order valence-electron chi connectivity index (χ0n) is 17.4. The monoisotopic (exact) mass is 418 g/mol. The zero-order valence-corrected chi connectivity index (χ0v) is 18.2. The van der Waals surface area contributed by atoms with Crippen molar-refractivity contribution in [2.24, 2.45) is 5.92 Å². The van der Waals surface area contributed by atoms with Crippen molar-refractivity contribution in [3.8, 4) is 0 Å². The fourth-order valence-electron chi connectivity index (χ4n) is 3.66. The number of hydrogen-bond acceptors (Lipinski definition) is 6. The lowest BCUT2D eigenvalue weighted by Gasteiger charge is -2.24. The van der Waals surface area contributed by atoms with Crippen molar-refractivity contribution >= 4 is 21.4 Å². The maximum atomic E-state index is 12.8. The summed E-state index contributed by atoms with van der Waals surface area (Å²) in [6, 6.07) is 8.81. The van der Waals surface area contributed by atoms with Crippen LogP contribution in [-0.4, -0.2) is 39.3 Å². The third-order valence-electron chi connectivity index (χ3n) is 4.97. The molecule has 0 radical (unpaired) electrons. The van der Waals surface area contributed by atoms with E-state index in [-0.39, 0.29) is 17.1 Å². The van der Waals surface area contributed by atoms with Crippen LogP contribution in [0, 0.1) is 5.92 Å². The summed E-state index contributed by atoms with van der Waals surface area (Å²) in [7, 11) is -2.01. The van der Waals surface area contributed by atoms with Crippen molar-refractivity contribution in [3.63, 3.8) is 0 Å². The summed E-state index contributed by atoms with van der Waals surface area (Å²) in [5.41, 5.74) is 3.15. The van der Waals surface area contributed by atoms with Crippen LogP contribution in [0.5, 0.6) is 0 Å². The van der Waals surface area contributed by atoms with Gasteiger partial charge in [0.15, 0.2) is 0 Å². The number of sulfonamides is 1. The Kier molecular flexibility index (Phi) is 6.77. The van der Waals surface area contributed by atoms with Crippen molar-refractivity contribution in [1.82, 2.24) is 9.71 Å². The van der Waals surface area contributed by atoms with E-state index >= 15 is 0 Å². The summed E-state index contributed by atoms with van der Waals surface area (Å²) < 4.78 is 33.5. The quantitative estimate of drug-likeness (QED) is 0.651. The Morgan fingerprint density at radius 1 is 1.24 bits per heavy atom. The smallest absolute Gasteiger partial charge is 0.240 e. The normalized spacial score (nSPS) is 17.3. The molecule has 2 N–H and O–H groups in total. The molecule has 0 amide bonds. The molecule has 29 heavy (non-hydrogen) atoms. The summed E-state index contributed by atoms with van der Waals surface area (Å²) in [5.74, 6) is 0.370. The lowest BCUT2D eigenvalue weighted by molar-refractivity contribution is 0.166. The number of benzene rings is 1. The summed E-state index contributed by atoms with van der Waals surface area (Å²) in [5, 5.41) is 3.40. The van der Waals surface area contributed by atoms with Crippen LogP contribution in [0.3, 0.4) is 0 Å². The third kappa shape index (κ3) is 5.26. The van der Waals surface area contributed by atoms with Gasteiger partial charge in [-0.15, -0.1) is 0 Å². The van der Waals surface area contributed by atoms with E-state index in [1.54, 1.807) is 25.4 Å². The highest BCUT2D eigenvalue weighted by molar-refractivity contribution is 7.89. The Labute approximate surface area is 173 Å². The van der Waals surface area contributed by atoms with Gasteiger partial charge in [0, 0.05) is 25.9 Å². The average Bonchev–Trinajstić information content (AvgIpc) is 2.97. The standard InChI is InChI=1S/C21H30N4O3S/c1-15(2)11-18(14-28-4)24-29(26,27)19-7-5-17(6-8-19)13-25-16(3)23-20-12-22-10-9-21(20)25/h5-10,12,15-16,18,23-24H,11,13-14H2,1-4H3/t16?,18-/m0/s1. The van der Waals surface area contributed by atoms with Crippen molar-refractivity contribution in [2.75, 3.05) is 23.9 Å². The van der Waals surface area contributed by atoms with E-state index in [0.29, 0.717) is 19.1 Å². The van der Waals surface area contributed by atoms with Gasteiger partial charge in [0.05, 0.1) is 35.2 Å². The first kappa shape index (κ1) is 21.5. The summed E-state index contributed by atoms with van der Waals surface area (Å²) in [6.07, 6.45) is 4.46. The van der Waals surface area contributed by atoms with Gasteiger partial charge in [-0.25, -0.2) is 13.1 Å². The predicted octanol–water partition coefficient (Wildman–Crippen LogP) is 3.20. The number of nitrogens with zero attached hydrogens (tertiary/aromatic N) is 2. The lowest BCUT2D eigenvalue weighted by atomic mass is 10.1. The van der Waals surface area contributed by atoms with Gasteiger partial charge in [0.25, 0.3) is 0 Å². The molecule has 2 heterocycles. The molecular weight excluding hydrogens is 388 g/mol. The number of rotatable bonds is 9. The summed E-state index contributed by atoms with van der Waals surface area (Å²) in [4.78, 5) is 6.65. The predicted molar refractivity (Wildman–Crippen MR) is 115 cm³/mol. The van der Waals surface area contributed by atoms with Gasteiger partial charge in [-0.2, -0.15) is 0 Å². The topological polar surface area (TPSA) is 83.6 Å². The summed E-state index contributed by atoms with van der Waals surface area (Å²) >= 11 is 0. The van der Waals surface area contributed by atoms with Gasteiger partial charge < -0.3 is 15.0 Å². The van der Waals surface area contributed by atoms with Crippen LogP contribution in [0.1, 0.15) is 32.8 Å². The molecule has 0 aliphatic carbocycles. The van der Waals surface area contributed by atoms with Crippen LogP contribution in [0.25, 0.3) is 0 Å². The molecule has 1 aliphatic heterocycles. The first-order chi connectivity index (χ1) is 13.8. The number of anilines is 2.